The highest BCUT2D eigenvalue weighted by atomic mass is 16.5. The van der Waals surface area contributed by atoms with Crippen LogP contribution in [0.5, 0.6) is 5.75 Å². The Morgan fingerprint density at radius 3 is 2.17 bits per heavy atom. The standard InChI is InChI=1S/C29H41N3O3/c1-27(2,34)19-20-32-26(33)31(21-23-11-13-25(35-5)14-12-23)22-28(32)15-17-29(18-16-28,30(3)4)24-9-7-6-8-10-24/h6-14,34H,15-22H2,1-5H3/t28-,29+. The summed E-state index contributed by atoms with van der Waals surface area (Å²) in [7, 11) is 6.01. The Bertz CT molecular complexity index is 990. The second kappa shape index (κ2) is 9.82. The predicted octanol–water partition coefficient (Wildman–Crippen LogP) is 4.86. The van der Waals surface area contributed by atoms with Crippen LogP contribution in [0.3, 0.4) is 0 Å². The molecule has 190 valence electrons. The number of urea groups is 1. The molecule has 0 radical (unpaired) electrons. The molecule has 0 bridgehead atoms. The number of carbonyl (C=O) groups is 1. The predicted molar refractivity (Wildman–Crippen MR) is 139 cm³/mol. The van der Waals surface area contributed by atoms with E-state index in [-0.39, 0.29) is 17.1 Å². The zero-order valence-electron chi connectivity index (χ0n) is 22.0. The fourth-order valence-corrected chi connectivity index (χ4v) is 5.97. The number of carbonyl (C=O) groups excluding carboxylic acids is 1. The van der Waals surface area contributed by atoms with E-state index in [1.807, 2.05) is 43.0 Å². The fraction of sp³-hybridized carbons (Fsp3) is 0.552. The molecule has 6 nitrogen and oxygen atoms in total. The van der Waals surface area contributed by atoms with Crippen LogP contribution < -0.4 is 4.74 Å². The van der Waals surface area contributed by atoms with Crippen molar-refractivity contribution in [2.24, 2.45) is 0 Å². The molecule has 2 fully saturated rings. The van der Waals surface area contributed by atoms with E-state index in [1.54, 1.807) is 7.11 Å². The van der Waals surface area contributed by atoms with Gasteiger partial charge in [0.2, 0.25) is 0 Å². The summed E-state index contributed by atoms with van der Waals surface area (Å²) in [5, 5.41) is 10.4. The van der Waals surface area contributed by atoms with Crippen molar-refractivity contribution in [2.45, 2.75) is 69.2 Å². The van der Waals surface area contributed by atoms with Gasteiger partial charge in [-0.1, -0.05) is 42.5 Å². The largest absolute Gasteiger partial charge is 0.497 e. The van der Waals surface area contributed by atoms with Gasteiger partial charge in [-0.15, -0.1) is 0 Å². The molecule has 2 aromatic rings. The van der Waals surface area contributed by atoms with Gasteiger partial charge in [0, 0.05) is 25.2 Å². The Hall–Kier alpha value is -2.57. The number of nitrogens with zero attached hydrogens (tertiary/aromatic N) is 3. The summed E-state index contributed by atoms with van der Waals surface area (Å²) in [6, 6.07) is 18.8. The Morgan fingerprint density at radius 2 is 1.63 bits per heavy atom. The van der Waals surface area contributed by atoms with Crippen molar-refractivity contribution in [1.82, 2.24) is 14.7 Å². The van der Waals surface area contributed by atoms with Crippen LogP contribution in [0.4, 0.5) is 4.79 Å². The number of rotatable bonds is 8. The number of methoxy groups -OCH3 is 1. The lowest BCUT2D eigenvalue weighted by Crippen LogP contribution is -2.56. The number of aliphatic hydroxyl groups is 1. The van der Waals surface area contributed by atoms with Crippen molar-refractivity contribution in [2.75, 3.05) is 34.3 Å². The van der Waals surface area contributed by atoms with Gasteiger partial charge < -0.3 is 19.6 Å². The maximum atomic E-state index is 13.7. The summed E-state index contributed by atoms with van der Waals surface area (Å²) in [5.41, 5.74) is 1.41. The molecule has 6 heteroatoms. The molecule has 35 heavy (non-hydrogen) atoms. The van der Waals surface area contributed by atoms with Crippen LogP contribution in [0.2, 0.25) is 0 Å². The molecule has 0 atom stereocenters. The summed E-state index contributed by atoms with van der Waals surface area (Å²) >= 11 is 0. The molecule has 2 aromatic carbocycles. The Morgan fingerprint density at radius 1 is 1.00 bits per heavy atom. The number of benzene rings is 2. The van der Waals surface area contributed by atoms with Gasteiger partial charge in [0.1, 0.15) is 5.75 Å². The van der Waals surface area contributed by atoms with Gasteiger partial charge in [0.05, 0.1) is 18.2 Å². The van der Waals surface area contributed by atoms with E-state index in [1.165, 1.54) is 5.56 Å². The lowest BCUT2D eigenvalue weighted by atomic mass is 9.68. The summed E-state index contributed by atoms with van der Waals surface area (Å²) in [6.07, 6.45) is 4.43. The molecular formula is C29H41N3O3. The minimum Gasteiger partial charge on any atom is -0.497 e. The first kappa shape index (κ1) is 25.5. The van der Waals surface area contributed by atoms with E-state index in [2.05, 4.69) is 54.2 Å². The lowest BCUT2D eigenvalue weighted by Gasteiger charge is -2.51. The number of hydrogen-bond donors (Lipinski definition) is 1. The summed E-state index contributed by atoms with van der Waals surface area (Å²) in [4.78, 5) is 20.2. The van der Waals surface area contributed by atoms with Crippen LogP contribution in [0.15, 0.2) is 54.6 Å². The van der Waals surface area contributed by atoms with Crippen molar-refractivity contribution in [3.63, 3.8) is 0 Å². The van der Waals surface area contributed by atoms with Gasteiger partial charge in [-0.05, 0) is 83.3 Å². The maximum Gasteiger partial charge on any atom is 0.320 e. The Kier molecular flexibility index (Phi) is 7.16. The lowest BCUT2D eigenvalue weighted by molar-refractivity contribution is 0.0107. The van der Waals surface area contributed by atoms with Crippen molar-refractivity contribution in [1.29, 1.82) is 0 Å². The van der Waals surface area contributed by atoms with Crippen LogP contribution >= 0.6 is 0 Å². The minimum atomic E-state index is -0.809. The quantitative estimate of drug-likeness (QED) is 0.587. The molecule has 1 spiro atoms. The number of amides is 2. The molecule has 2 amide bonds. The Balaban J connectivity index is 1.58. The highest BCUT2D eigenvalue weighted by molar-refractivity contribution is 5.78. The fourth-order valence-electron chi connectivity index (χ4n) is 5.97. The third kappa shape index (κ3) is 5.19. The Labute approximate surface area is 210 Å². The number of ether oxygens (including phenoxy) is 1. The summed E-state index contributed by atoms with van der Waals surface area (Å²) in [5.74, 6) is 0.818. The summed E-state index contributed by atoms with van der Waals surface area (Å²) in [6.45, 7) is 5.52. The molecule has 4 rings (SSSR count). The first-order chi connectivity index (χ1) is 16.6. The molecular weight excluding hydrogens is 438 g/mol. The third-order valence-corrected chi connectivity index (χ3v) is 8.21. The topological polar surface area (TPSA) is 56.3 Å². The van der Waals surface area contributed by atoms with Crippen molar-refractivity contribution < 1.29 is 14.6 Å². The highest BCUT2D eigenvalue weighted by Crippen LogP contribution is 2.49. The minimum absolute atomic E-state index is 0.0269. The molecule has 1 aliphatic carbocycles. The van der Waals surface area contributed by atoms with Crippen LogP contribution in [-0.2, 0) is 12.1 Å². The smallest absolute Gasteiger partial charge is 0.320 e. The first-order valence-corrected chi connectivity index (χ1v) is 12.7. The van der Waals surface area contributed by atoms with Crippen LogP contribution in [0.1, 0.15) is 57.1 Å². The average molecular weight is 480 g/mol. The van der Waals surface area contributed by atoms with E-state index in [4.69, 9.17) is 4.74 Å². The van der Waals surface area contributed by atoms with E-state index >= 15 is 0 Å². The second-order valence-electron chi connectivity index (χ2n) is 11.2. The van der Waals surface area contributed by atoms with E-state index in [0.29, 0.717) is 19.5 Å². The van der Waals surface area contributed by atoms with Gasteiger partial charge in [-0.25, -0.2) is 4.79 Å². The van der Waals surface area contributed by atoms with Crippen molar-refractivity contribution in [3.05, 3.63) is 65.7 Å². The SMILES string of the molecule is COc1ccc(CN2C[C@]3(CC[C@](c4ccccc4)(N(C)C)CC3)N(CCC(C)(C)O)C2=O)cc1. The summed E-state index contributed by atoms with van der Waals surface area (Å²) < 4.78 is 5.29. The van der Waals surface area contributed by atoms with E-state index in [0.717, 1.165) is 43.5 Å². The monoisotopic (exact) mass is 479 g/mol. The van der Waals surface area contributed by atoms with Gasteiger partial charge in [0.25, 0.3) is 0 Å². The molecule has 2 aliphatic rings. The molecule has 1 heterocycles. The van der Waals surface area contributed by atoms with Crippen LogP contribution in [0, 0.1) is 0 Å². The molecule has 0 unspecified atom stereocenters. The molecule has 1 saturated heterocycles. The zero-order valence-corrected chi connectivity index (χ0v) is 22.0. The van der Waals surface area contributed by atoms with Crippen molar-refractivity contribution >= 4 is 6.03 Å². The van der Waals surface area contributed by atoms with E-state index < -0.39 is 5.60 Å². The van der Waals surface area contributed by atoms with Gasteiger partial charge >= 0.3 is 6.03 Å². The highest BCUT2D eigenvalue weighted by Gasteiger charge is 2.54. The second-order valence-corrected chi connectivity index (χ2v) is 11.2. The normalized spacial score (nSPS) is 25.1. The maximum absolute atomic E-state index is 13.7. The van der Waals surface area contributed by atoms with Crippen LogP contribution in [0.25, 0.3) is 0 Å². The van der Waals surface area contributed by atoms with E-state index in [9.17, 15) is 9.90 Å². The van der Waals surface area contributed by atoms with Gasteiger partial charge in [0.15, 0.2) is 0 Å². The molecule has 1 aliphatic heterocycles. The third-order valence-electron chi connectivity index (χ3n) is 8.21. The average Bonchev–Trinajstić information content (AvgIpc) is 3.08. The zero-order chi connectivity index (χ0) is 25.3. The van der Waals surface area contributed by atoms with Gasteiger partial charge in [-0.3, -0.25) is 4.90 Å². The molecule has 1 N–H and O–H groups in total. The van der Waals surface area contributed by atoms with Crippen molar-refractivity contribution in [3.8, 4) is 5.75 Å². The van der Waals surface area contributed by atoms with Crippen LogP contribution in [-0.4, -0.2) is 71.3 Å². The number of hydrogen-bond acceptors (Lipinski definition) is 4. The van der Waals surface area contributed by atoms with Gasteiger partial charge in [-0.2, -0.15) is 0 Å². The first-order valence-electron chi connectivity index (χ1n) is 12.7. The molecule has 1 saturated carbocycles. The molecule has 0 aromatic heterocycles.